The molecule has 0 saturated carbocycles. The number of nitrogens with zero attached hydrogens (tertiary/aromatic N) is 3. The van der Waals surface area contributed by atoms with Crippen LogP contribution in [0.2, 0.25) is 0 Å². The molecule has 0 saturated heterocycles. The second kappa shape index (κ2) is 9.55. The number of aromatic nitrogens is 1. The molecule has 7 aromatic carbocycles. The fourth-order valence-electron chi connectivity index (χ4n) is 9.26. The van der Waals surface area contributed by atoms with Crippen molar-refractivity contribution in [2.24, 2.45) is 0 Å². The van der Waals surface area contributed by atoms with Gasteiger partial charge in [0.1, 0.15) is 0 Å². The second-order valence-electron chi connectivity index (χ2n) is 14.1. The Kier molecular flexibility index (Phi) is 5.26. The van der Waals surface area contributed by atoms with Gasteiger partial charge in [-0.1, -0.05) is 123 Å². The van der Waals surface area contributed by atoms with Crippen LogP contribution >= 0.6 is 0 Å². The van der Waals surface area contributed by atoms with Gasteiger partial charge in [0, 0.05) is 55.9 Å². The van der Waals surface area contributed by atoms with E-state index >= 15 is 0 Å². The zero-order valence-electron chi connectivity index (χ0n) is 27.4. The molecule has 3 aliphatic rings. The summed E-state index contributed by atoms with van der Waals surface area (Å²) in [5, 5.41) is 2.59. The highest BCUT2D eigenvalue weighted by Crippen LogP contribution is 2.55. The van der Waals surface area contributed by atoms with Crippen molar-refractivity contribution in [1.29, 1.82) is 0 Å². The molecule has 3 aliphatic heterocycles. The molecule has 0 radical (unpaired) electrons. The minimum absolute atomic E-state index is 0.0207. The zero-order chi connectivity index (χ0) is 32.4. The molecule has 4 heterocycles. The van der Waals surface area contributed by atoms with Crippen LogP contribution in [0.3, 0.4) is 0 Å². The minimum atomic E-state index is -0.147. The smallest absolute Gasteiger partial charge is 0.333 e. The maximum Gasteiger partial charge on any atom is 0.333 e. The highest BCUT2D eigenvalue weighted by molar-refractivity contribution is 6.93. The maximum atomic E-state index is 2.68. The highest BCUT2D eigenvalue weighted by Gasteiger charge is 2.49. The summed E-state index contributed by atoms with van der Waals surface area (Å²) in [6.07, 6.45) is 0. The zero-order valence-corrected chi connectivity index (χ0v) is 27.4. The van der Waals surface area contributed by atoms with E-state index in [1.54, 1.807) is 0 Å². The quantitative estimate of drug-likeness (QED) is 0.181. The third-order valence-corrected chi connectivity index (χ3v) is 11.3. The Balaban J connectivity index is 1.33. The number of fused-ring (bicyclic) bond motifs is 9. The van der Waals surface area contributed by atoms with Crippen LogP contribution in [0.4, 0.5) is 28.4 Å². The van der Waals surface area contributed by atoms with Crippen LogP contribution in [-0.2, 0) is 5.41 Å². The SMILES string of the molecule is CC1(C)c2ccccc2N2B3c4c(cc(N(c5ccccc5)c5ccccc5)cc4-n4c5ccccc5c5cccc3c54)-c3cccc1c32. The molecular formula is C45H32BN3. The number of anilines is 5. The average molecular weight is 626 g/mol. The molecule has 0 amide bonds. The summed E-state index contributed by atoms with van der Waals surface area (Å²) in [4.78, 5) is 5.09. The van der Waals surface area contributed by atoms with Crippen LogP contribution in [0.1, 0.15) is 25.0 Å². The van der Waals surface area contributed by atoms with Crippen LogP contribution in [0, 0.1) is 0 Å². The summed E-state index contributed by atoms with van der Waals surface area (Å²) < 4.78 is 2.56. The summed E-state index contributed by atoms with van der Waals surface area (Å²) in [6.45, 7) is 4.80. The van der Waals surface area contributed by atoms with Crippen LogP contribution in [-0.4, -0.2) is 11.4 Å². The first-order chi connectivity index (χ1) is 24.1. The van der Waals surface area contributed by atoms with Gasteiger partial charge < -0.3 is 14.3 Å². The van der Waals surface area contributed by atoms with Gasteiger partial charge in [-0.3, -0.25) is 0 Å². The van der Waals surface area contributed by atoms with Gasteiger partial charge in [-0.2, -0.15) is 0 Å². The van der Waals surface area contributed by atoms with Gasteiger partial charge in [0.05, 0.1) is 11.0 Å². The third kappa shape index (κ3) is 3.43. The lowest BCUT2D eigenvalue weighted by Gasteiger charge is -2.49. The molecular weight excluding hydrogens is 593 g/mol. The molecule has 0 N–H and O–H groups in total. The van der Waals surface area contributed by atoms with Crippen molar-refractivity contribution >= 4 is 68.0 Å². The number of hydrogen-bond acceptors (Lipinski definition) is 2. The molecule has 8 aromatic rings. The first kappa shape index (κ1) is 27.0. The summed E-state index contributed by atoms with van der Waals surface area (Å²) in [7, 11) is 0. The largest absolute Gasteiger partial charge is 0.376 e. The molecule has 1 aromatic heterocycles. The fourth-order valence-corrected chi connectivity index (χ4v) is 9.26. The molecule has 0 spiro atoms. The second-order valence-corrected chi connectivity index (χ2v) is 14.1. The Morgan fingerprint density at radius 2 is 1.18 bits per heavy atom. The Morgan fingerprint density at radius 3 is 1.98 bits per heavy atom. The third-order valence-electron chi connectivity index (χ3n) is 11.3. The van der Waals surface area contributed by atoms with E-state index in [4.69, 9.17) is 0 Å². The lowest BCUT2D eigenvalue weighted by molar-refractivity contribution is 0.634. The van der Waals surface area contributed by atoms with Crippen molar-refractivity contribution in [2.45, 2.75) is 19.3 Å². The maximum absolute atomic E-state index is 2.68. The number of para-hydroxylation sites is 6. The van der Waals surface area contributed by atoms with Crippen molar-refractivity contribution in [1.82, 2.24) is 4.57 Å². The van der Waals surface area contributed by atoms with Gasteiger partial charge in [0.15, 0.2) is 0 Å². The molecule has 4 heteroatoms. The minimum Gasteiger partial charge on any atom is -0.376 e. The summed E-state index contributed by atoms with van der Waals surface area (Å²) >= 11 is 0. The van der Waals surface area contributed by atoms with Crippen molar-refractivity contribution in [3.05, 3.63) is 169 Å². The molecule has 0 bridgehead atoms. The Labute approximate surface area is 286 Å². The molecule has 3 nitrogen and oxygen atoms in total. The number of benzene rings is 7. The highest BCUT2D eigenvalue weighted by atomic mass is 15.2. The molecule has 11 rings (SSSR count). The van der Waals surface area contributed by atoms with E-state index in [-0.39, 0.29) is 12.3 Å². The average Bonchev–Trinajstić information content (AvgIpc) is 3.49. The Bertz CT molecular complexity index is 2620. The van der Waals surface area contributed by atoms with Crippen LogP contribution in [0.15, 0.2) is 158 Å². The lowest BCUT2D eigenvalue weighted by Crippen LogP contribution is -2.62. The van der Waals surface area contributed by atoms with E-state index in [9.17, 15) is 0 Å². The number of rotatable bonds is 3. The van der Waals surface area contributed by atoms with Gasteiger partial charge in [-0.05, 0) is 76.1 Å². The van der Waals surface area contributed by atoms with Crippen LogP contribution < -0.4 is 20.6 Å². The van der Waals surface area contributed by atoms with E-state index < -0.39 is 0 Å². The summed E-state index contributed by atoms with van der Waals surface area (Å²) in [6, 6.07) is 58.4. The van der Waals surface area contributed by atoms with Gasteiger partial charge in [0.25, 0.3) is 0 Å². The van der Waals surface area contributed by atoms with Crippen molar-refractivity contribution in [3.63, 3.8) is 0 Å². The summed E-state index contributed by atoms with van der Waals surface area (Å²) in [5.41, 5.74) is 17.8. The van der Waals surface area contributed by atoms with E-state index in [1.165, 1.54) is 72.0 Å². The molecule has 49 heavy (non-hydrogen) atoms. The number of hydrogen-bond donors (Lipinski definition) is 0. The Hall–Kier alpha value is -6.00. The molecule has 0 aliphatic carbocycles. The van der Waals surface area contributed by atoms with Crippen molar-refractivity contribution < 1.29 is 0 Å². The predicted molar refractivity (Wildman–Crippen MR) is 207 cm³/mol. The van der Waals surface area contributed by atoms with Gasteiger partial charge in [-0.15, -0.1) is 0 Å². The molecule has 0 unspecified atom stereocenters. The standard InChI is InChI=1S/C45H32BN3/c1-45(2)36-22-10-12-26-40(36)49-43-34(20-13-23-37(43)45)35-27-31(47(29-15-5-3-6-16-29)30-17-7-4-8-18-30)28-41-42(35)46(49)38-24-14-21-33-32-19-9-11-25-39(32)48(41)44(33)38/h3-28H,1-2H3. The van der Waals surface area contributed by atoms with Gasteiger partial charge >= 0.3 is 6.85 Å². The van der Waals surface area contributed by atoms with Crippen molar-refractivity contribution in [3.8, 4) is 16.8 Å². The van der Waals surface area contributed by atoms with E-state index in [0.717, 1.165) is 17.1 Å². The molecule has 230 valence electrons. The van der Waals surface area contributed by atoms with Gasteiger partial charge in [-0.25, -0.2) is 0 Å². The van der Waals surface area contributed by atoms with Gasteiger partial charge in [0.2, 0.25) is 0 Å². The fraction of sp³-hybridized carbons (Fsp3) is 0.0667. The Morgan fingerprint density at radius 1 is 0.531 bits per heavy atom. The lowest BCUT2D eigenvalue weighted by atomic mass is 9.43. The topological polar surface area (TPSA) is 11.4 Å². The predicted octanol–water partition coefficient (Wildman–Crippen LogP) is 10.1. The first-order valence-electron chi connectivity index (χ1n) is 17.2. The molecule has 0 fully saturated rings. The van der Waals surface area contributed by atoms with Crippen molar-refractivity contribution in [2.75, 3.05) is 9.71 Å². The van der Waals surface area contributed by atoms with E-state index in [1.807, 2.05) is 0 Å². The summed E-state index contributed by atoms with van der Waals surface area (Å²) in [5.74, 6) is 0. The van der Waals surface area contributed by atoms with Crippen LogP contribution in [0.25, 0.3) is 38.6 Å². The van der Waals surface area contributed by atoms with E-state index in [0.29, 0.717) is 0 Å². The van der Waals surface area contributed by atoms with Crippen LogP contribution in [0.5, 0.6) is 0 Å². The van der Waals surface area contributed by atoms with E-state index in [2.05, 4.69) is 186 Å². The normalized spacial score (nSPS) is 14.4. The molecule has 0 atom stereocenters. The first-order valence-corrected chi connectivity index (χ1v) is 17.2. The monoisotopic (exact) mass is 625 g/mol.